The van der Waals surface area contributed by atoms with Crippen molar-refractivity contribution in [2.24, 2.45) is 0 Å². The molecule has 0 aliphatic carbocycles. The third kappa shape index (κ3) is 15.9. The van der Waals surface area contributed by atoms with Crippen molar-refractivity contribution >= 4 is 35.1 Å². The molecule has 428 valence electrons. The number of carbonyl (C=O) groups excluding carboxylic acids is 2. The van der Waals surface area contributed by atoms with E-state index in [1.54, 1.807) is 24.3 Å². The van der Waals surface area contributed by atoms with E-state index in [1.165, 1.54) is 24.3 Å². The minimum atomic E-state index is -1.18. The predicted octanol–water partition coefficient (Wildman–Crippen LogP) is 12.6. The van der Waals surface area contributed by atoms with Gasteiger partial charge >= 0.3 is 11.9 Å². The fourth-order valence-corrected chi connectivity index (χ4v) is 10.4. The molecule has 0 aliphatic heterocycles. The molecule has 8 rings (SSSR count). The number of halogens is 2. The minimum Gasteiger partial charge on any atom is -0.481 e. The average Bonchev–Trinajstić information content (AvgIpc) is 3.78. The Labute approximate surface area is 476 Å². The second-order valence-electron chi connectivity index (χ2n) is 20.8. The van der Waals surface area contributed by atoms with Crippen LogP contribution >= 0.6 is 0 Å². The maximum absolute atomic E-state index is 14.0. The monoisotopic (exact) mass is 1120 g/mol. The van der Waals surface area contributed by atoms with Crippen molar-refractivity contribution in [3.63, 3.8) is 0 Å². The summed E-state index contributed by atoms with van der Waals surface area (Å²) in [6.45, 7) is 8.50. The number of hydrogen-bond acceptors (Lipinski definition) is 8. The molecule has 8 aromatic rings. The van der Waals surface area contributed by atoms with Crippen LogP contribution in [0.4, 0.5) is 20.2 Å². The van der Waals surface area contributed by atoms with Crippen molar-refractivity contribution in [2.75, 3.05) is 10.6 Å². The van der Waals surface area contributed by atoms with E-state index in [9.17, 15) is 48.4 Å². The van der Waals surface area contributed by atoms with Gasteiger partial charge in [0.2, 0.25) is 0 Å². The Morgan fingerprint density at radius 2 is 0.732 bits per heavy atom. The van der Waals surface area contributed by atoms with E-state index in [1.807, 2.05) is 158 Å². The molecule has 0 aliphatic rings. The van der Waals surface area contributed by atoms with Gasteiger partial charge in [0.1, 0.15) is 11.6 Å². The molecule has 2 aromatic heterocycles. The van der Waals surface area contributed by atoms with Crippen LogP contribution in [0.2, 0.25) is 0 Å². The number of nitrogens with one attached hydrogen (secondary N) is 2. The molecule has 0 radical (unpaired) electrons. The van der Waals surface area contributed by atoms with Crippen LogP contribution in [0.5, 0.6) is 0 Å². The fourth-order valence-electron chi connectivity index (χ4n) is 10.4. The molecule has 6 aromatic carbocycles. The second-order valence-corrected chi connectivity index (χ2v) is 20.8. The van der Waals surface area contributed by atoms with E-state index in [4.69, 9.17) is 10.2 Å². The minimum absolute atomic E-state index is 0.0939. The highest BCUT2D eigenvalue weighted by molar-refractivity contribution is 6.13. The number of benzene rings is 6. The quantitative estimate of drug-likeness (QED) is 0.0286. The number of aliphatic hydroxyl groups is 4. The number of amides is 2. The van der Waals surface area contributed by atoms with Crippen LogP contribution in [0.3, 0.4) is 0 Å². The van der Waals surface area contributed by atoms with E-state index in [2.05, 4.69) is 10.6 Å². The van der Waals surface area contributed by atoms with Crippen LogP contribution in [0.25, 0.3) is 44.8 Å². The number of aliphatic hydroxyl groups excluding tert-OH is 4. The highest BCUT2D eigenvalue weighted by atomic mass is 19.1. The van der Waals surface area contributed by atoms with Gasteiger partial charge in [-0.15, -0.1) is 0 Å². The van der Waals surface area contributed by atoms with E-state index in [0.29, 0.717) is 56.1 Å². The van der Waals surface area contributed by atoms with E-state index in [-0.39, 0.29) is 74.1 Å². The number of rotatable bonds is 24. The van der Waals surface area contributed by atoms with Crippen molar-refractivity contribution in [2.45, 2.75) is 116 Å². The smallest absolute Gasteiger partial charge is 0.305 e. The molecule has 2 heterocycles. The lowest BCUT2D eigenvalue weighted by Gasteiger charge is -2.20. The van der Waals surface area contributed by atoms with E-state index >= 15 is 0 Å². The lowest BCUT2D eigenvalue weighted by molar-refractivity contribution is -0.140. The number of carboxylic acids is 2. The van der Waals surface area contributed by atoms with Gasteiger partial charge < -0.3 is 50.4 Å². The number of carboxylic acid groups (broad SMARTS) is 2. The fraction of sp³-hybridized carbons (Fsp3) is 0.273. The first-order valence-electron chi connectivity index (χ1n) is 27.3. The molecular weight excluding hydrogens is 1050 g/mol. The first kappa shape index (κ1) is 61.1. The Morgan fingerprint density at radius 1 is 0.427 bits per heavy atom. The second kappa shape index (κ2) is 28.7. The molecule has 0 bridgehead atoms. The van der Waals surface area contributed by atoms with Crippen LogP contribution in [0, 0.1) is 11.6 Å². The van der Waals surface area contributed by atoms with Gasteiger partial charge in [0.25, 0.3) is 11.8 Å². The molecule has 0 saturated carbocycles. The molecule has 4 unspecified atom stereocenters. The van der Waals surface area contributed by atoms with Crippen molar-refractivity contribution in [1.29, 1.82) is 0 Å². The lowest BCUT2D eigenvalue weighted by atomic mass is 9.94. The third-order valence-corrected chi connectivity index (χ3v) is 13.9. The van der Waals surface area contributed by atoms with E-state index in [0.717, 1.165) is 22.5 Å². The molecule has 2 amide bonds. The normalized spacial score (nSPS) is 12.7. The van der Waals surface area contributed by atoms with Crippen LogP contribution in [0.1, 0.15) is 110 Å². The summed E-state index contributed by atoms with van der Waals surface area (Å²) in [5.74, 6) is -3.87. The predicted molar refractivity (Wildman–Crippen MR) is 314 cm³/mol. The van der Waals surface area contributed by atoms with Gasteiger partial charge in [-0.1, -0.05) is 125 Å². The van der Waals surface area contributed by atoms with Crippen LogP contribution < -0.4 is 10.6 Å². The Morgan fingerprint density at radius 3 is 1.02 bits per heavy atom. The lowest BCUT2D eigenvalue weighted by Crippen LogP contribution is -2.22. The molecule has 4 atom stereocenters. The van der Waals surface area contributed by atoms with Crippen LogP contribution in [-0.4, -0.2) is 87.9 Å². The molecule has 14 nitrogen and oxygen atoms in total. The summed E-state index contributed by atoms with van der Waals surface area (Å²) in [7, 11) is 0. The maximum atomic E-state index is 14.0. The highest BCUT2D eigenvalue weighted by Crippen LogP contribution is 2.45. The Hall–Kier alpha value is -8.54. The average molecular weight is 1120 g/mol. The standard InChI is InChI=1S/2C33H35FN2O5/c2*1-21(2)31-30(33(41)35-25-11-7-4-8-12-25)29(22-9-5-3-6-10-22)32(23-13-15-24(34)16-14-23)36(31)18-17-26(37)19-27(38)20-28(39)40/h2*3-16,21,26-27,37-38H,17-20H2,1-2H3,(H,35,41)(H,39,40). The first-order valence-corrected chi connectivity index (χ1v) is 27.3. The van der Waals surface area contributed by atoms with Crippen LogP contribution in [0.15, 0.2) is 170 Å². The van der Waals surface area contributed by atoms with Gasteiger partial charge in [-0.3, -0.25) is 19.2 Å². The number of aromatic nitrogens is 2. The molecular formula is C66H70F2N4O10. The van der Waals surface area contributed by atoms with E-state index < -0.39 is 49.2 Å². The summed E-state index contributed by atoms with van der Waals surface area (Å²) in [4.78, 5) is 50.0. The molecule has 0 fully saturated rings. The zero-order valence-corrected chi connectivity index (χ0v) is 46.3. The van der Waals surface area contributed by atoms with Crippen LogP contribution in [-0.2, 0) is 22.7 Å². The maximum Gasteiger partial charge on any atom is 0.305 e. The zero-order valence-electron chi connectivity index (χ0n) is 46.3. The molecule has 0 saturated heterocycles. The summed E-state index contributed by atoms with van der Waals surface area (Å²) >= 11 is 0. The summed E-state index contributed by atoms with van der Waals surface area (Å²) in [5.41, 5.74) is 9.55. The van der Waals surface area contributed by atoms with Gasteiger partial charge in [-0.05, 0) is 133 Å². The van der Waals surface area contributed by atoms with Gasteiger partial charge in [0, 0.05) is 47.0 Å². The summed E-state index contributed by atoms with van der Waals surface area (Å²) in [6, 6.07) is 49.6. The molecule has 82 heavy (non-hydrogen) atoms. The molecule has 16 heteroatoms. The van der Waals surface area contributed by atoms with Crippen molar-refractivity contribution in [1.82, 2.24) is 9.13 Å². The summed E-state index contributed by atoms with van der Waals surface area (Å²) in [5, 5.41) is 65.6. The number of aliphatic carboxylic acids is 2. The largest absolute Gasteiger partial charge is 0.481 e. The topological polar surface area (TPSA) is 224 Å². The highest BCUT2D eigenvalue weighted by Gasteiger charge is 2.33. The first-order chi connectivity index (χ1) is 39.3. The molecule has 0 spiro atoms. The summed E-state index contributed by atoms with van der Waals surface area (Å²) < 4.78 is 32.0. The summed E-state index contributed by atoms with van der Waals surface area (Å²) in [6.07, 6.45) is -5.01. The Balaban J connectivity index is 0.000000236. The number of nitrogens with zero attached hydrogens (tertiary/aromatic N) is 2. The SMILES string of the molecule is CC(C)c1c(C(=O)Nc2ccccc2)c(-c2ccccc2)c(-c2ccc(F)cc2)n1CCC(O)CC(O)CC(=O)O.CC(C)c1c(C(=O)Nc2ccccc2)c(-c2ccccc2)c(-c2ccc(F)cc2)n1CCC(O)CC(O)CC(=O)O. The van der Waals surface area contributed by atoms with Gasteiger partial charge in [0.15, 0.2) is 0 Å². The molecule has 8 N–H and O–H groups in total. The van der Waals surface area contributed by atoms with Gasteiger partial charge in [-0.2, -0.15) is 0 Å². The van der Waals surface area contributed by atoms with Crippen molar-refractivity contribution < 1.29 is 58.6 Å². The van der Waals surface area contributed by atoms with Crippen molar-refractivity contribution in [3.8, 4) is 44.8 Å². The number of carbonyl (C=O) groups is 4. The van der Waals surface area contributed by atoms with Crippen molar-refractivity contribution in [3.05, 3.63) is 204 Å². The Bertz CT molecular complexity index is 3160. The number of anilines is 2. The Kier molecular flexibility index (Phi) is 21.4. The number of hydrogen-bond donors (Lipinski definition) is 8. The zero-order chi connectivity index (χ0) is 59.0. The van der Waals surface area contributed by atoms with Gasteiger partial charge in [0.05, 0.1) is 59.8 Å². The number of para-hydroxylation sites is 2. The third-order valence-electron chi connectivity index (χ3n) is 13.9. The van der Waals surface area contributed by atoms with Gasteiger partial charge in [-0.25, -0.2) is 8.78 Å².